The number of halogens is 1. The van der Waals surface area contributed by atoms with Crippen molar-refractivity contribution in [3.8, 4) is 11.8 Å². The fourth-order valence-corrected chi connectivity index (χ4v) is 1.93. The van der Waals surface area contributed by atoms with E-state index in [1.807, 2.05) is 13.0 Å². The van der Waals surface area contributed by atoms with Crippen LogP contribution in [0, 0.1) is 17.1 Å². The molecule has 0 aliphatic heterocycles. The SMILES string of the molecule is CCOc1cccc(C=C(C#N)C(=O)c2ccc(F)cc2)c1. The van der Waals surface area contributed by atoms with Gasteiger partial charge in [0.15, 0.2) is 0 Å². The largest absolute Gasteiger partial charge is 0.494 e. The standard InChI is InChI=1S/C18H14FNO2/c1-2-22-17-5-3-4-13(11-17)10-15(12-20)18(21)14-6-8-16(19)9-7-14/h3-11H,2H2,1H3. The van der Waals surface area contributed by atoms with E-state index in [1.165, 1.54) is 30.3 Å². The zero-order chi connectivity index (χ0) is 15.9. The first-order chi connectivity index (χ1) is 10.6. The maximum atomic E-state index is 12.9. The van der Waals surface area contributed by atoms with Crippen LogP contribution >= 0.6 is 0 Å². The summed E-state index contributed by atoms with van der Waals surface area (Å²) in [7, 11) is 0. The van der Waals surface area contributed by atoms with E-state index in [4.69, 9.17) is 4.74 Å². The number of allylic oxidation sites excluding steroid dienone is 1. The molecule has 0 amide bonds. The van der Waals surface area contributed by atoms with Crippen molar-refractivity contribution >= 4 is 11.9 Å². The third kappa shape index (κ3) is 3.80. The summed E-state index contributed by atoms with van der Waals surface area (Å²) in [4.78, 5) is 12.3. The molecule has 0 aliphatic carbocycles. The van der Waals surface area contributed by atoms with Crippen molar-refractivity contribution in [2.75, 3.05) is 6.61 Å². The van der Waals surface area contributed by atoms with Crippen molar-refractivity contribution in [1.29, 1.82) is 5.26 Å². The van der Waals surface area contributed by atoms with Gasteiger partial charge < -0.3 is 4.74 Å². The van der Waals surface area contributed by atoms with Gasteiger partial charge in [-0.2, -0.15) is 5.26 Å². The Morgan fingerprint density at radius 3 is 2.64 bits per heavy atom. The Bertz CT molecular complexity index is 742. The van der Waals surface area contributed by atoms with Crippen molar-refractivity contribution in [2.45, 2.75) is 6.92 Å². The van der Waals surface area contributed by atoms with Crippen LogP contribution in [0.25, 0.3) is 6.08 Å². The van der Waals surface area contributed by atoms with Crippen LogP contribution in [0.1, 0.15) is 22.8 Å². The molecule has 2 aromatic carbocycles. The first-order valence-corrected chi connectivity index (χ1v) is 6.79. The fourth-order valence-electron chi connectivity index (χ4n) is 1.93. The molecule has 110 valence electrons. The summed E-state index contributed by atoms with van der Waals surface area (Å²) in [5.41, 5.74) is 0.952. The third-order valence-corrected chi connectivity index (χ3v) is 2.95. The molecule has 0 saturated heterocycles. The number of carbonyl (C=O) groups is 1. The molecule has 22 heavy (non-hydrogen) atoms. The first-order valence-electron chi connectivity index (χ1n) is 6.79. The van der Waals surface area contributed by atoms with Crippen LogP contribution in [-0.4, -0.2) is 12.4 Å². The number of nitrogens with zero attached hydrogens (tertiary/aromatic N) is 1. The Hall–Kier alpha value is -2.93. The number of ketones is 1. The molecule has 0 N–H and O–H groups in total. The second-order valence-electron chi connectivity index (χ2n) is 4.51. The predicted octanol–water partition coefficient (Wildman–Crippen LogP) is 4.01. The van der Waals surface area contributed by atoms with Gasteiger partial charge >= 0.3 is 0 Å². The number of nitriles is 1. The van der Waals surface area contributed by atoms with Crippen LogP contribution in [0.15, 0.2) is 54.1 Å². The second-order valence-corrected chi connectivity index (χ2v) is 4.51. The average molecular weight is 295 g/mol. The van der Waals surface area contributed by atoms with Gasteiger partial charge in [-0.25, -0.2) is 4.39 Å². The summed E-state index contributed by atoms with van der Waals surface area (Å²) in [6, 6.07) is 14.1. The molecule has 0 radical (unpaired) electrons. The molecular formula is C18H14FNO2. The number of carbonyl (C=O) groups excluding carboxylic acids is 1. The summed E-state index contributed by atoms with van der Waals surface area (Å²) in [5, 5.41) is 9.20. The minimum atomic E-state index is -0.440. The van der Waals surface area contributed by atoms with Crippen molar-refractivity contribution in [1.82, 2.24) is 0 Å². The predicted molar refractivity (Wildman–Crippen MR) is 81.9 cm³/mol. The van der Waals surface area contributed by atoms with E-state index in [0.717, 1.165) is 0 Å². The summed E-state index contributed by atoms with van der Waals surface area (Å²) >= 11 is 0. The lowest BCUT2D eigenvalue weighted by atomic mass is 10.0. The fraction of sp³-hybridized carbons (Fsp3) is 0.111. The molecule has 0 fully saturated rings. The van der Waals surface area contributed by atoms with Crippen molar-refractivity contribution in [2.24, 2.45) is 0 Å². The monoisotopic (exact) mass is 295 g/mol. The first kappa shape index (κ1) is 15.5. The van der Waals surface area contributed by atoms with Gasteiger partial charge in [0.2, 0.25) is 5.78 Å². The van der Waals surface area contributed by atoms with E-state index in [1.54, 1.807) is 24.3 Å². The van der Waals surface area contributed by atoms with E-state index in [9.17, 15) is 14.4 Å². The highest BCUT2D eigenvalue weighted by atomic mass is 19.1. The van der Waals surface area contributed by atoms with E-state index in [-0.39, 0.29) is 11.1 Å². The zero-order valence-electron chi connectivity index (χ0n) is 12.0. The summed E-state index contributed by atoms with van der Waals surface area (Å²) in [6.07, 6.45) is 1.49. The number of ether oxygens (including phenoxy) is 1. The number of Topliss-reactive ketones (excluding diaryl/α,β-unsaturated/α-hetero) is 1. The Morgan fingerprint density at radius 1 is 1.27 bits per heavy atom. The molecule has 2 rings (SSSR count). The smallest absolute Gasteiger partial charge is 0.203 e. The highest BCUT2D eigenvalue weighted by molar-refractivity contribution is 6.14. The van der Waals surface area contributed by atoms with Crippen molar-refractivity contribution in [3.63, 3.8) is 0 Å². The van der Waals surface area contributed by atoms with E-state index >= 15 is 0 Å². The van der Waals surface area contributed by atoms with Crippen LogP contribution < -0.4 is 4.74 Å². The molecule has 0 bridgehead atoms. The molecule has 2 aromatic rings. The summed E-state index contributed by atoms with van der Waals surface area (Å²) in [5.74, 6) is -0.199. The number of hydrogen-bond donors (Lipinski definition) is 0. The molecule has 4 heteroatoms. The van der Waals surface area contributed by atoms with Crippen LogP contribution in [0.5, 0.6) is 5.75 Å². The molecular weight excluding hydrogens is 281 g/mol. The zero-order valence-corrected chi connectivity index (χ0v) is 12.0. The Labute approximate surface area is 128 Å². The Balaban J connectivity index is 2.31. The Kier molecular flexibility index (Phi) is 5.05. The van der Waals surface area contributed by atoms with Gasteiger partial charge in [0, 0.05) is 5.56 Å². The number of rotatable bonds is 5. The average Bonchev–Trinajstić information content (AvgIpc) is 2.53. The van der Waals surface area contributed by atoms with Crippen molar-refractivity contribution < 1.29 is 13.9 Å². The normalized spacial score (nSPS) is 10.9. The third-order valence-electron chi connectivity index (χ3n) is 2.95. The van der Waals surface area contributed by atoms with Gasteiger partial charge in [0.05, 0.1) is 6.61 Å². The highest BCUT2D eigenvalue weighted by Crippen LogP contribution is 2.18. The maximum absolute atomic E-state index is 12.9. The van der Waals surface area contributed by atoms with Crippen LogP contribution in [0.4, 0.5) is 4.39 Å². The van der Waals surface area contributed by atoms with E-state index < -0.39 is 11.6 Å². The lowest BCUT2D eigenvalue weighted by molar-refractivity contribution is 0.104. The van der Waals surface area contributed by atoms with E-state index in [0.29, 0.717) is 17.9 Å². The molecule has 0 unspecified atom stereocenters. The molecule has 0 saturated carbocycles. The number of hydrogen-bond acceptors (Lipinski definition) is 3. The van der Waals surface area contributed by atoms with Gasteiger partial charge in [-0.15, -0.1) is 0 Å². The van der Waals surface area contributed by atoms with Gasteiger partial charge in [-0.3, -0.25) is 4.79 Å². The summed E-state index contributed by atoms with van der Waals surface area (Å²) in [6.45, 7) is 2.41. The minimum Gasteiger partial charge on any atom is -0.494 e. The lowest BCUT2D eigenvalue weighted by Gasteiger charge is -2.04. The summed E-state index contributed by atoms with van der Waals surface area (Å²) < 4.78 is 18.3. The van der Waals surface area contributed by atoms with Gasteiger partial charge in [0.25, 0.3) is 0 Å². The lowest BCUT2D eigenvalue weighted by Crippen LogP contribution is -2.02. The van der Waals surface area contributed by atoms with Gasteiger partial charge in [-0.05, 0) is 55.0 Å². The molecule has 0 aliphatic rings. The number of benzene rings is 2. The highest BCUT2D eigenvalue weighted by Gasteiger charge is 2.12. The molecule has 0 atom stereocenters. The molecule has 0 aromatic heterocycles. The minimum absolute atomic E-state index is 0.0137. The van der Waals surface area contributed by atoms with Gasteiger partial charge in [-0.1, -0.05) is 12.1 Å². The maximum Gasteiger partial charge on any atom is 0.203 e. The van der Waals surface area contributed by atoms with Gasteiger partial charge in [0.1, 0.15) is 23.2 Å². The molecule has 0 spiro atoms. The van der Waals surface area contributed by atoms with Crippen LogP contribution in [0.3, 0.4) is 0 Å². The Morgan fingerprint density at radius 2 is 2.00 bits per heavy atom. The topological polar surface area (TPSA) is 50.1 Å². The van der Waals surface area contributed by atoms with Crippen LogP contribution in [0.2, 0.25) is 0 Å². The second kappa shape index (κ2) is 7.19. The van der Waals surface area contributed by atoms with Crippen molar-refractivity contribution in [3.05, 3.63) is 71.0 Å². The molecule has 0 heterocycles. The quantitative estimate of drug-likeness (QED) is 0.475. The molecule has 3 nitrogen and oxygen atoms in total. The van der Waals surface area contributed by atoms with E-state index in [2.05, 4.69) is 0 Å². The van der Waals surface area contributed by atoms with Crippen LogP contribution in [-0.2, 0) is 0 Å².